The van der Waals surface area contributed by atoms with Crippen molar-refractivity contribution in [3.63, 3.8) is 0 Å². The topological polar surface area (TPSA) is 37.4 Å². The summed E-state index contributed by atoms with van der Waals surface area (Å²) in [6.45, 7) is 5.28. The first-order chi connectivity index (χ1) is 10.2. The molecular weight excluding hydrogens is 282 g/mol. The van der Waals surface area contributed by atoms with Crippen molar-refractivity contribution in [1.29, 1.82) is 0 Å². The van der Waals surface area contributed by atoms with Gasteiger partial charge in [0.05, 0.1) is 0 Å². The predicted octanol–water partition coefficient (Wildman–Crippen LogP) is 3.29. The van der Waals surface area contributed by atoms with Gasteiger partial charge in [-0.3, -0.25) is 9.00 Å². The second-order valence-electron chi connectivity index (χ2n) is 5.54. The van der Waals surface area contributed by atoms with Crippen LogP contribution in [0.3, 0.4) is 0 Å². The third-order valence-electron chi connectivity index (χ3n) is 4.26. The largest absolute Gasteiger partial charge is 0.342 e. The van der Waals surface area contributed by atoms with Gasteiger partial charge in [-0.05, 0) is 32.3 Å². The van der Waals surface area contributed by atoms with Gasteiger partial charge in [0.15, 0.2) is 0 Å². The highest BCUT2D eigenvalue weighted by Gasteiger charge is 2.35. The number of likely N-dealkylation sites (N-methyl/N-ethyl adjacent to an activating group) is 1. The van der Waals surface area contributed by atoms with E-state index in [2.05, 4.69) is 0 Å². The van der Waals surface area contributed by atoms with Gasteiger partial charge < -0.3 is 4.90 Å². The first kappa shape index (κ1) is 16.2. The summed E-state index contributed by atoms with van der Waals surface area (Å²) < 4.78 is 13.0. The number of nitrogens with zero attached hydrogens (tertiary/aromatic N) is 1. The Balaban J connectivity index is 2.30. The van der Waals surface area contributed by atoms with Gasteiger partial charge in [0.2, 0.25) is 5.91 Å². The Morgan fingerprint density at radius 1 is 1.19 bits per heavy atom. The molecule has 0 spiro atoms. The van der Waals surface area contributed by atoms with E-state index in [4.69, 9.17) is 0 Å². The number of hydrogen-bond acceptors (Lipinski definition) is 2. The van der Waals surface area contributed by atoms with Crippen molar-refractivity contribution >= 4 is 16.7 Å². The van der Waals surface area contributed by atoms with Crippen LogP contribution in [0.5, 0.6) is 0 Å². The molecule has 2 rings (SSSR count). The van der Waals surface area contributed by atoms with Crippen LogP contribution in [0.2, 0.25) is 0 Å². The molecule has 1 aromatic carbocycles. The number of carbonyl (C=O) groups is 1. The third kappa shape index (κ3) is 3.73. The molecule has 0 aliphatic heterocycles. The number of amides is 1. The van der Waals surface area contributed by atoms with Gasteiger partial charge >= 0.3 is 0 Å². The maximum Gasteiger partial charge on any atom is 0.242 e. The fourth-order valence-corrected chi connectivity index (χ4v) is 4.97. The van der Waals surface area contributed by atoms with Gasteiger partial charge in [-0.25, -0.2) is 0 Å². The molecule has 2 atom stereocenters. The van der Waals surface area contributed by atoms with Crippen LogP contribution in [-0.4, -0.2) is 33.4 Å². The highest BCUT2D eigenvalue weighted by Crippen LogP contribution is 2.32. The summed E-state index contributed by atoms with van der Waals surface area (Å²) >= 11 is 0. The normalized spacial score (nSPS) is 18.4. The van der Waals surface area contributed by atoms with E-state index < -0.39 is 16.0 Å². The Morgan fingerprint density at radius 2 is 1.76 bits per heavy atom. The molecule has 1 aromatic rings. The van der Waals surface area contributed by atoms with Gasteiger partial charge in [0, 0.05) is 29.1 Å². The lowest BCUT2D eigenvalue weighted by Crippen LogP contribution is -2.38. The number of carbonyl (C=O) groups excluding carboxylic acids is 1. The van der Waals surface area contributed by atoms with Crippen molar-refractivity contribution < 1.29 is 9.00 Å². The summed E-state index contributed by atoms with van der Waals surface area (Å²) in [5.41, 5.74) is 0.889. The maximum atomic E-state index is 13.0. The van der Waals surface area contributed by atoms with Crippen LogP contribution in [-0.2, 0) is 15.6 Å². The molecule has 1 aliphatic carbocycles. The first-order valence-electron chi connectivity index (χ1n) is 7.92. The summed E-state index contributed by atoms with van der Waals surface area (Å²) in [4.78, 5) is 14.6. The van der Waals surface area contributed by atoms with Crippen molar-refractivity contribution in [1.82, 2.24) is 4.90 Å². The van der Waals surface area contributed by atoms with Crippen molar-refractivity contribution in [3.8, 4) is 0 Å². The summed E-state index contributed by atoms with van der Waals surface area (Å²) in [6.07, 6.45) is 4.25. The van der Waals surface area contributed by atoms with Crippen molar-refractivity contribution in [2.24, 2.45) is 0 Å². The third-order valence-corrected chi connectivity index (χ3v) is 6.33. The number of benzene rings is 1. The van der Waals surface area contributed by atoms with Crippen molar-refractivity contribution in [2.45, 2.75) is 50.0 Å². The van der Waals surface area contributed by atoms with Crippen LogP contribution in [0.1, 0.15) is 50.3 Å². The molecule has 0 unspecified atom stereocenters. The van der Waals surface area contributed by atoms with Crippen LogP contribution in [0.15, 0.2) is 30.3 Å². The van der Waals surface area contributed by atoms with Crippen LogP contribution < -0.4 is 0 Å². The van der Waals surface area contributed by atoms with E-state index in [1.165, 1.54) is 0 Å². The molecule has 1 amide bonds. The van der Waals surface area contributed by atoms with Gasteiger partial charge in [0.25, 0.3) is 0 Å². The fraction of sp³-hybridized carbons (Fsp3) is 0.588. The Bertz CT molecular complexity index is 465. The molecule has 0 radical (unpaired) electrons. The minimum atomic E-state index is -1.13. The van der Waals surface area contributed by atoms with Crippen molar-refractivity contribution in [2.75, 3.05) is 13.1 Å². The van der Waals surface area contributed by atoms with E-state index in [0.717, 1.165) is 31.2 Å². The van der Waals surface area contributed by atoms with Gasteiger partial charge in [-0.1, -0.05) is 43.2 Å². The number of rotatable bonds is 6. The molecule has 21 heavy (non-hydrogen) atoms. The molecule has 4 heteroatoms. The van der Waals surface area contributed by atoms with E-state index in [1.54, 1.807) is 4.90 Å². The molecule has 1 saturated carbocycles. The lowest BCUT2D eigenvalue weighted by Gasteiger charge is -2.26. The van der Waals surface area contributed by atoms with Crippen LogP contribution >= 0.6 is 0 Å². The Labute approximate surface area is 130 Å². The molecule has 0 bridgehead atoms. The highest BCUT2D eigenvalue weighted by molar-refractivity contribution is 7.86. The van der Waals surface area contributed by atoms with E-state index >= 15 is 0 Å². The van der Waals surface area contributed by atoms with Gasteiger partial charge in [0.1, 0.15) is 5.25 Å². The summed E-state index contributed by atoms with van der Waals surface area (Å²) in [5, 5.41) is -0.330. The molecule has 0 heterocycles. The smallest absolute Gasteiger partial charge is 0.242 e. The summed E-state index contributed by atoms with van der Waals surface area (Å²) in [7, 11) is -1.13. The Kier molecular flexibility index (Phi) is 5.97. The zero-order valence-electron chi connectivity index (χ0n) is 13.0. The Morgan fingerprint density at radius 3 is 2.29 bits per heavy atom. The average Bonchev–Trinajstić information content (AvgIpc) is 3.04. The monoisotopic (exact) mass is 307 g/mol. The Hall–Kier alpha value is -1.16. The molecule has 1 fully saturated rings. The van der Waals surface area contributed by atoms with E-state index in [-0.39, 0.29) is 11.2 Å². The highest BCUT2D eigenvalue weighted by atomic mass is 32.2. The average molecular weight is 307 g/mol. The van der Waals surface area contributed by atoms with Crippen LogP contribution in [0, 0.1) is 0 Å². The second-order valence-corrected chi connectivity index (χ2v) is 7.33. The SMILES string of the molecule is CCN(CC)C(=O)[C@@H](c1ccccc1)[S@](=O)C1CCCC1. The lowest BCUT2D eigenvalue weighted by atomic mass is 10.1. The molecule has 0 N–H and O–H groups in total. The van der Waals surface area contributed by atoms with Gasteiger partial charge in [-0.15, -0.1) is 0 Å². The van der Waals surface area contributed by atoms with Crippen LogP contribution in [0.25, 0.3) is 0 Å². The minimum absolute atomic E-state index is 0.0106. The van der Waals surface area contributed by atoms with Crippen LogP contribution in [0.4, 0.5) is 0 Å². The zero-order valence-corrected chi connectivity index (χ0v) is 13.8. The standard InChI is InChI=1S/C17H25NO2S/c1-3-18(4-2)17(19)16(14-10-6-5-7-11-14)21(20)15-12-8-9-13-15/h5-7,10-11,15-16H,3-4,8-9,12-13H2,1-2H3/t16-,21-/m1/s1. The first-order valence-corrected chi connectivity index (χ1v) is 9.19. The lowest BCUT2D eigenvalue weighted by molar-refractivity contribution is -0.130. The van der Waals surface area contributed by atoms with Gasteiger partial charge in [-0.2, -0.15) is 0 Å². The molecular formula is C17H25NO2S. The maximum absolute atomic E-state index is 13.0. The summed E-state index contributed by atoms with van der Waals surface area (Å²) in [5.74, 6) is 0.0106. The second kappa shape index (κ2) is 7.74. The van der Waals surface area contributed by atoms with E-state index in [1.807, 2.05) is 44.2 Å². The molecule has 0 aromatic heterocycles. The zero-order chi connectivity index (χ0) is 15.2. The quantitative estimate of drug-likeness (QED) is 0.809. The number of hydrogen-bond donors (Lipinski definition) is 0. The van der Waals surface area contributed by atoms with E-state index in [9.17, 15) is 9.00 Å². The van der Waals surface area contributed by atoms with E-state index in [0.29, 0.717) is 13.1 Å². The summed E-state index contributed by atoms with van der Waals surface area (Å²) in [6, 6.07) is 9.63. The fourth-order valence-electron chi connectivity index (χ4n) is 3.02. The molecule has 1 aliphatic rings. The minimum Gasteiger partial charge on any atom is -0.342 e. The molecule has 116 valence electrons. The molecule has 3 nitrogen and oxygen atoms in total. The van der Waals surface area contributed by atoms with Crippen molar-refractivity contribution in [3.05, 3.63) is 35.9 Å². The molecule has 0 saturated heterocycles. The predicted molar refractivity (Wildman–Crippen MR) is 87.5 cm³/mol.